The number of H-pyrrole nitrogens is 1. The van der Waals surface area contributed by atoms with Gasteiger partial charge in [0.2, 0.25) is 0 Å². The molecule has 0 bridgehead atoms. The van der Waals surface area contributed by atoms with Gasteiger partial charge < -0.3 is 14.8 Å². The Kier molecular flexibility index (Phi) is 5.24. The molecule has 1 aromatic heterocycles. The van der Waals surface area contributed by atoms with E-state index in [1.807, 2.05) is 11.9 Å². The van der Waals surface area contributed by atoms with Crippen LogP contribution in [0.4, 0.5) is 4.39 Å². The largest absolute Gasteiger partial charge is 0.502 e. The third kappa shape index (κ3) is 3.90. The van der Waals surface area contributed by atoms with Gasteiger partial charge >= 0.3 is 0 Å². The van der Waals surface area contributed by atoms with Gasteiger partial charge in [0, 0.05) is 13.7 Å². The van der Waals surface area contributed by atoms with Crippen LogP contribution in [0.2, 0.25) is 0 Å². The number of aromatic nitrogens is 2. The zero-order chi connectivity index (χ0) is 16.1. The van der Waals surface area contributed by atoms with Crippen LogP contribution in [0.3, 0.4) is 0 Å². The van der Waals surface area contributed by atoms with Crippen molar-refractivity contribution in [2.24, 2.45) is 0 Å². The number of hydrogen-bond acceptors (Lipinski definition) is 5. The van der Waals surface area contributed by atoms with Gasteiger partial charge in [0.1, 0.15) is 11.6 Å². The molecule has 0 amide bonds. The quantitative estimate of drug-likeness (QED) is 0.844. The number of halogens is 1. The average Bonchev–Trinajstić information content (AvgIpc) is 2.50. The molecule has 0 aliphatic carbocycles. The Labute approximate surface area is 127 Å². The van der Waals surface area contributed by atoms with Gasteiger partial charge in [0.05, 0.1) is 18.8 Å². The van der Waals surface area contributed by atoms with Crippen molar-refractivity contribution in [3.05, 3.63) is 58.0 Å². The van der Waals surface area contributed by atoms with Crippen LogP contribution in [-0.2, 0) is 11.3 Å². The Bertz CT molecular complexity index is 672. The number of nitrogens with zero attached hydrogens (tertiary/aromatic N) is 2. The van der Waals surface area contributed by atoms with Gasteiger partial charge in [0.15, 0.2) is 5.75 Å². The summed E-state index contributed by atoms with van der Waals surface area (Å²) in [5.74, 6) is -0.320. The summed E-state index contributed by atoms with van der Waals surface area (Å²) in [5, 5.41) is 9.27. The lowest BCUT2D eigenvalue weighted by atomic mass is 10.1. The van der Waals surface area contributed by atoms with Gasteiger partial charge in [-0.15, -0.1) is 0 Å². The monoisotopic (exact) mass is 307 g/mol. The summed E-state index contributed by atoms with van der Waals surface area (Å²) in [7, 11) is 3.40. The number of aromatic hydroxyl groups is 1. The fourth-order valence-corrected chi connectivity index (χ4v) is 2.13. The lowest BCUT2D eigenvalue weighted by molar-refractivity contribution is 0.0972. The number of hydrogen-bond donors (Lipinski definition) is 2. The molecule has 2 N–H and O–H groups in total. The van der Waals surface area contributed by atoms with Crippen LogP contribution in [0.25, 0.3) is 0 Å². The highest BCUT2D eigenvalue weighted by Gasteiger charge is 2.20. The molecule has 0 fully saturated rings. The first-order chi connectivity index (χ1) is 10.5. The van der Waals surface area contributed by atoms with Crippen molar-refractivity contribution in [1.82, 2.24) is 14.9 Å². The van der Waals surface area contributed by atoms with Crippen molar-refractivity contribution >= 4 is 0 Å². The summed E-state index contributed by atoms with van der Waals surface area (Å²) in [6, 6.07) is 5.89. The maximum Gasteiger partial charge on any atom is 0.293 e. The number of likely N-dealkylation sites (N-methyl/N-ethyl adjacent to an activating group) is 1. The second-order valence-electron chi connectivity index (χ2n) is 5.00. The van der Waals surface area contributed by atoms with E-state index in [1.54, 1.807) is 19.2 Å². The third-order valence-electron chi connectivity index (χ3n) is 3.32. The SMILES string of the molecule is COCC(c1ncc(O)c(=O)[nH]1)N(C)Cc1ccc(F)cc1. The predicted molar refractivity (Wildman–Crippen MR) is 79.0 cm³/mol. The van der Waals surface area contributed by atoms with Crippen molar-refractivity contribution in [3.8, 4) is 5.75 Å². The Morgan fingerprint density at radius 3 is 2.68 bits per heavy atom. The highest BCUT2D eigenvalue weighted by Crippen LogP contribution is 2.18. The number of methoxy groups -OCH3 is 1. The first-order valence-corrected chi connectivity index (χ1v) is 6.73. The molecule has 1 unspecified atom stereocenters. The Morgan fingerprint density at radius 2 is 2.09 bits per heavy atom. The Hall–Kier alpha value is -2.25. The zero-order valence-corrected chi connectivity index (χ0v) is 12.4. The van der Waals surface area contributed by atoms with Crippen molar-refractivity contribution in [2.45, 2.75) is 12.6 Å². The van der Waals surface area contributed by atoms with Crippen LogP contribution < -0.4 is 5.56 Å². The summed E-state index contributed by atoms with van der Waals surface area (Å²) in [5.41, 5.74) is 0.326. The number of nitrogens with one attached hydrogen (secondary N) is 1. The van der Waals surface area contributed by atoms with Crippen molar-refractivity contribution in [2.75, 3.05) is 20.8 Å². The molecule has 0 radical (unpaired) electrons. The molecule has 118 valence electrons. The number of aromatic amines is 1. The van der Waals surface area contributed by atoms with E-state index >= 15 is 0 Å². The Morgan fingerprint density at radius 1 is 1.41 bits per heavy atom. The van der Waals surface area contributed by atoms with E-state index in [9.17, 15) is 14.3 Å². The summed E-state index contributed by atoms with van der Waals surface area (Å²) in [6.45, 7) is 0.838. The maximum atomic E-state index is 12.9. The number of rotatable bonds is 6. The van der Waals surface area contributed by atoms with Crippen LogP contribution in [0.1, 0.15) is 17.4 Å². The molecule has 2 aromatic rings. The second-order valence-corrected chi connectivity index (χ2v) is 5.00. The molecule has 0 saturated carbocycles. The molecule has 0 spiro atoms. The normalized spacial score (nSPS) is 12.5. The van der Waals surface area contributed by atoms with E-state index < -0.39 is 11.3 Å². The van der Waals surface area contributed by atoms with Gasteiger partial charge in [-0.3, -0.25) is 9.69 Å². The first kappa shape index (κ1) is 16.1. The minimum atomic E-state index is -0.596. The van der Waals surface area contributed by atoms with Gasteiger partial charge in [-0.2, -0.15) is 0 Å². The average molecular weight is 307 g/mol. The lowest BCUT2D eigenvalue weighted by Crippen LogP contribution is -2.30. The number of benzene rings is 1. The molecule has 1 heterocycles. The topological polar surface area (TPSA) is 78.5 Å². The third-order valence-corrected chi connectivity index (χ3v) is 3.32. The van der Waals surface area contributed by atoms with Gasteiger partial charge in [0.25, 0.3) is 5.56 Å². The molecule has 2 rings (SSSR count). The van der Waals surface area contributed by atoms with Crippen LogP contribution in [0.5, 0.6) is 5.75 Å². The molecule has 1 aromatic carbocycles. The summed E-state index contributed by atoms with van der Waals surface area (Å²) in [4.78, 5) is 20.0. The maximum absolute atomic E-state index is 12.9. The molecule has 7 heteroatoms. The van der Waals surface area contributed by atoms with E-state index in [4.69, 9.17) is 4.74 Å². The van der Waals surface area contributed by atoms with Crippen LogP contribution in [0, 0.1) is 5.82 Å². The van der Waals surface area contributed by atoms with E-state index in [0.29, 0.717) is 19.0 Å². The fraction of sp³-hybridized carbons (Fsp3) is 0.333. The smallest absolute Gasteiger partial charge is 0.293 e. The standard InChI is InChI=1S/C15H18FN3O3/c1-19(8-10-3-5-11(16)6-4-10)12(9-22-2)14-17-7-13(20)15(21)18-14/h3-7,12,20H,8-9H2,1-2H3,(H,17,18,21). The Balaban J connectivity index is 2.20. The highest BCUT2D eigenvalue weighted by atomic mass is 19.1. The second kappa shape index (κ2) is 7.15. The van der Waals surface area contributed by atoms with Crippen LogP contribution in [-0.4, -0.2) is 40.7 Å². The van der Waals surface area contributed by atoms with Crippen LogP contribution >= 0.6 is 0 Å². The van der Waals surface area contributed by atoms with Crippen molar-refractivity contribution < 1.29 is 14.2 Å². The minimum absolute atomic E-state index is 0.288. The predicted octanol–water partition coefficient (Wildman–Crippen LogP) is 1.43. The summed E-state index contributed by atoms with van der Waals surface area (Å²) < 4.78 is 18.1. The first-order valence-electron chi connectivity index (χ1n) is 6.73. The summed E-state index contributed by atoms with van der Waals surface area (Å²) in [6.07, 6.45) is 1.11. The van der Waals surface area contributed by atoms with Gasteiger partial charge in [-0.05, 0) is 24.7 Å². The molecule has 0 aliphatic rings. The molecule has 0 saturated heterocycles. The van der Waals surface area contributed by atoms with E-state index in [0.717, 1.165) is 11.8 Å². The fourth-order valence-electron chi connectivity index (χ4n) is 2.13. The minimum Gasteiger partial charge on any atom is -0.502 e. The molecule has 22 heavy (non-hydrogen) atoms. The molecule has 1 atom stereocenters. The highest BCUT2D eigenvalue weighted by molar-refractivity contribution is 5.17. The molecule has 0 aliphatic heterocycles. The van der Waals surface area contributed by atoms with Gasteiger partial charge in [-0.25, -0.2) is 9.37 Å². The van der Waals surface area contributed by atoms with E-state index in [2.05, 4.69) is 9.97 Å². The van der Waals surface area contributed by atoms with E-state index in [1.165, 1.54) is 12.1 Å². The molecular formula is C15H18FN3O3. The number of ether oxygens (including phenoxy) is 1. The van der Waals surface area contributed by atoms with Gasteiger partial charge in [-0.1, -0.05) is 12.1 Å². The summed E-state index contributed by atoms with van der Waals surface area (Å²) >= 11 is 0. The van der Waals surface area contributed by atoms with Crippen molar-refractivity contribution in [3.63, 3.8) is 0 Å². The lowest BCUT2D eigenvalue weighted by Gasteiger charge is -2.26. The van der Waals surface area contributed by atoms with E-state index in [-0.39, 0.29) is 11.9 Å². The van der Waals surface area contributed by atoms with Crippen molar-refractivity contribution in [1.29, 1.82) is 0 Å². The molecular weight excluding hydrogens is 289 g/mol. The zero-order valence-electron chi connectivity index (χ0n) is 12.4. The van der Waals surface area contributed by atoms with Crippen LogP contribution in [0.15, 0.2) is 35.3 Å². The molecule has 6 nitrogen and oxygen atoms in total.